The Morgan fingerprint density at radius 2 is 1.79 bits per heavy atom. The molecular formula is C16H25N2O+. The molecule has 0 saturated carbocycles. The molecule has 0 aliphatic carbocycles. The molecule has 0 unspecified atom stereocenters. The van der Waals surface area contributed by atoms with Gasteiger partial charge in [-0.3, -0.25) is 0 Å². The fraction of sp³-hybridized carbons (Fsp3) is 0.500. The second kappa shape index (κ2) is 5.66. The van der Waals surface area contributed by atoms with Crippen molar-refractivity contribution in [2.75, 3.05) is 26.2 Å². The number of phenols is 1. The zero-order valence-electron chi connectivity index (χ0n) is 12.2. The number of fused-ring (bicyclic) bond motifs is 1. The van der Waals surface area contributed by atoms with Crippen molar-refractivity contribution < 1.29 is 9.59 Å². The van der Waals surface area contributed by atoms with Crippen molar-refractivity contribution in [3.05, 3.63) is 30.0 Å². The molecule has 19 heavy (non-hydrogen) atoms. The molecular weight excluding hydrogens is 236 g/mol. The van der Waals surface area contributed by atoms with Gasteiger partial charge in [0.15, 0.2) is 0 Å². The van der Waals surface area contributed by atoms with Crippen molar-refractivity contribution in [1.82, 2.24) is 4.98 Å². The van der Waals surface area contributed by atoms with Gasteiger partial charge < -0.3 is 14.6 Å². The first-order chi connectivity index (χ1) is 9.14. The largest absolute Gasteiger partial charge is 0.508 e. The van der Waals surface area contributed by atoms with E-state index in [1.165, 1.54) is 25.2 Å². The number of nitrogens with one attached hydrogen (secondary N) is 1. The third kappa shape index (κ3) is 2.76. The number of rotatable bonds is 6. The number of aromatic nitrogens is 1. The topological polar surface area (TPSA) is 36.0 Å². The second-order valence-electron chi connectivity index (χ2n) is 5.31. The molecule has 0 fully saturated rings. The molecule has 0 aliphatic rings. The van der Waals surface area contributed by atoms with Crippen LogP contribution in [-0.2, 0) is 6.42 Å². The molecule has 0 spiro atoms. The second-order valence-corrected chi connectivity index (χ2v) is 5.31. The van der Waals surface area contributed by atoms with Crippen molar-refractivity contribution in [2.24, 2.45) is 0 Å². The van der Waals surface area contributed by atoms with Crippen LogP contribution >= 0.6 is 0 Å². The van der Waals surface area contributed by atoms with Crippen LogP contribution in [-0.4, -0.2) is 40.8 Å². The number of hydrogen-bond donors (Lipinski definition) is 2. The number of benzene rings is 1. The smallest absolute Gasteiger partial charge is 0.116 e. The third-order valence-electron chi connectivity index (χ3n) is 4.62. The van der Waals surface area contributed by atoms with Crippen molar-refractivity contribution in [1.29, 1.82) is 0 Å². The molecule has 104 valence electrons. The summed E-state index contributed by atoms with van der Waals surface area (Å²) in [7, 11) is 0. The van der Waals surface area contributed by atoms with E-state index in [9.17, 15) is 5.11 Å². The van der Waals surface area contributed by atoms with Crippen molar-refractivity contribution in [3.8, 4) is 5.75 Å². The minimum atomic E-state index is 0.343. The summed E-state index contributed by atoms with van der Waals surface area (Å²) in [6, 6.07) is 5.53. The molecule has 3 nitrogen and oxygen atoms in total. The molecule has 0 radical (unpaired) electrons. The van der Waals surface area contributed by atoms with Crippen LogP contribution in [0, 0.1) is 0 Å². The van der Waals surface area contributed by atoms with Crippen LogP contribution in [0.25, 0.3) is 10.9 Å². The van der Waals surface area contributed by atoms with Crippen LogP contribution in [0.5, 0.6) is 5.75 Å². The maximum absolute atomic E-state index is 9.62. The lowest BCUT2D eigenvalue weighted by molar-refractivity contribution is -0.923. The van der Waals surface area contributed by atoms with Gasteiger partial charge in [-0.1, -0.05) is 0 Å². The van der Waals surface area contributed by atoms with Crippen molar-refractivity contribution in [3.63, 3.8) is 0 Å². The van der Waals surface area contributed by atoms with Crippen LogP contribution in [0.15, 0.2) is 24.4 Å². The minimum absolute atomic E-state index is 0.343. The highest BCUT2D eigenvalue weighted by Gasteiger charge is 2.20. The van der Waals surface area contributed by atoms with Gasteiger partial charge in [0.1, 0.15) is 5.75 Å². The first-order valence-electron chi connectivity index (χ1n) is 7.28. The quantitative estimate of drug-likeness (QED) is 0.769. The van der Waals surface area contributed by atoms with E-state index in [0.29, 0.717) is 5.75 Å². The Morgan fingerprint density at radius 1 is 1.11 bits per heavy atom. The molecule has 1 aromatic carbocycles. The molecule has 0 saturated heterocycles. The Labute approximate surface area is 115 Å². The number of phenolic OH excluding ortho intramolecular Hbond substituents is 1. The Bertz CT molecular complexity index is 532. The van der Waals surface area contributed by atoms with E-state index >= 15 is 0 Å². The van der Waals surface area contributed by atoms with Gasteiger partial charge >= 0.3 is 0 Å². The van der Waals surface area contributed by atoms with Gasteiger partial charge in [-0.15, -0.1) is 0 Å². The van der Waals surface area contributed by atoms with Gasteiger partial charge in [0, 0.05) is 23.5 Å². The SMILES string of the molecule is CC[N+](CC)(CC)CCc1c[nH]c2ccc(O)cc12. The summed E-state index contributed by atoms with van der Waals surface area (Å²) in [5.74, 6) is 0.343. The number of quaternary nitrogens is 1. The maximum atomic E-state index is 9.62. The predicted octanol–water partition coefficient (Wildman–Crippen LogP) is 3.29. The molecule has 3 heteroatoms. The predicted molar refractivity (Wildman–Crippen MR) is 80.4 cm³/mol. The normalized spacial score (nSPS) is 12.2. The number of likely N-dealkylation sites (N-methyl/N-ethyl adjacent to an activating group) is 1. The number of hydrogen-bond acceptors (Lipinski definition) is 1. The van der Waals surface area contributed by atoms with E-state index in [0.717, 1.165) is 28.4 Å². The number of aromatic amines is 1. The van der Waals surface area contributed by atoms with Crippen LogP contribution in [0.1, 0.15) is 26.3 Å². The number of nitrogens with zero attached hydrogens (tertiary/aromatic N) is 1. The summed E-state index contributed by atoms with van der Waals surface area (Å²) >= 11 is 0. The number of H-pyrrole nitrogens is 1. The van der Waals surface area contributed by atoms with E-state index in [4.69, 9.17) is 0 Å². The zero-order chi connectivity index (χ0) is 13.9. The van der Waals surface area contributed by atoms with E-state index in [-0.39, 0.29) is 0 Å². The molecule has 2 aromatic rings. The number of aromatic hydroxyl groups is 1. The fourth-order valence-electron chi connectivity index (χ4n) is 2.88. The molecule has 1 heterocycles. The summed E-state index contributed by atoms with van der Waals surface area (Å²) in [6.07, 6.45) is 3.14. The van der Waals surface area contributed by atoms with E-state index in [1.54, 1.807) is 6.07 Å². The van der Waals surface area contributed by atoms with Crippen LogP contribution in [0.3, 0.4) is 0 Å². The molecule has 0 atom stereocenters. The maximum Gasteiger partial charge on any atom is 0.116 e. The van der Waals surface area contributed by atoms with Gasteiger partial charge in [-0.2, -0.15) is 0 Å². The highest BCUT2D eigenvalue weighted by atomic mass is 16.3. The fourth-order valence-corrected chi connectivity index (χ4v) is 2.88. The van der Waals surface area contributed by atoms with E-state index in [2.05, 4.69) is 32.0 Å². The first-order valence-corrected chi connectivity index (χ1v) is 7.28. The molecule has 0 bridgehead atoms. The summed E-state index contributed by atoms with van der Waals surface area (Å²) in [6.45, 7) is 11.5. The average Bonchev–Trinajstić information content (AvgIpc) is 2.83. The molecule has 1 aromatic heterocycles. The van der Waals surface area contributed by atoms with E-state index < -0.39 is 0 Å². The van der Waals surface area contributed by atoms with Crippen LogP contribution < -0.4 is 0 Å². The molecule has 2 rings (SSSR count). The Morgan fingerprint density at radius 3 is 2.42 bits per heavy atom. The third-order valence-corrected chi connectivity index (χ3v) is 4.62. The summed E-state index contributed by atoms with van der Waals surface area (Å²) < 4.78 is 1.16. The zero-order valence-corrected chi connectivity index (χ0v) is 12.2. The van der Waals surface area contributed by atoms with Crippen molar-refractivity contribution >= 4 is 10.9 Å². The molecule has 0 amide bonds. The van der Waals surface area contributed by atoms with Crippen LogP contribution in [0.4, 0.5) is 0 Å². The minimum Gasteiger partial charge on any atom is -0.508 e. The van der Waals surface area contributed by atoms with Gasteiger partial charge in [-0.05, 0) is 44.5 Å². The standard InChI is InChI=1S/C16H24N2O/c1-4-18(5-2,6-3)10-9-13-12-17-16-8-7-14(19)11-15(13)16/h7-8,11-12,17H,4-6,9-10H2,1-3H3/p+1. The van der Waals surface area contributed by atoms with E-state index in [1.807, 2.05) is 12.1 Å². The summed E-state index contributed by atoms with van der Waals surface area (Å²) in [5, 5.41) is 10.8. The Kier molecular flexibility index (Phi) is 4.15. The Balaban J connectivity index is 2.20. The molecule has 2 N–H and O–H groups in total. The highest BCUT2D eigenvalue weighted by Crippen LogP contribution is 2.24. The van der Waals surface area contributed by atoms with Crippen LogP contribution in [0.2, 0.25) is 0 Å². The lowest BCUT2D eigenvalue weighted by Gasteiger charge is -2.35. The summed E-state index contributed by atoms with van der Waals surface area (Å²) in [4.78, 5) is 3.29. The summed E-state index contributed by atoms with van der Waals surface area (Å²) in [5.41, 5.74) is 2.42. The average molecular weight is 261 g/mol. The Hall–Kier alpha value is -1.48. The lowest BCUT2D eigenvalue weighted by atomic mass is 10.1. The van der Waals surface area contributed by atoms with Crippen molar-refractivity contribution in [2.45, 2.75) is 27.2 Å². The monoisotopic (exact) mass is 261 g/mol. The van der Waals surface area contributed by atoms with Gasteiger partial charge in [-0.25, -0.2) is 0 Å². The lowest BCUT2D eigenvalue weighted by Crippen LogP contribution is -2.48. The molecule has 0 aliphatic heterocycles. The first kappa shape index (κ1) is 13.9. The highest BCUT2D eigenvalue weighted by molar-refractivity contribution is 5.84. The van der Waals surface area contributed by atoms with Gasteiger partial charge in [0.25, 0.3) is 0 Å². The van der Waals surface area contributed by atoms with Gasteiger partial charge in [0.05, 0.1) is 26.2 Å². The van der Waals surface area contributed by atoms with Gasteiger partial charge in [0.2, 0.25) is 0 Å².